The molecule has 21 heavy (non-hydrogen) atoms. The van der Waals surface area contributed by atoms with Crippen LogP contribution in [0.15, 0.2) is 48.5 Å². The Bertz CT molecular complexity index is 654. The molecule has 0 saturated carbocycles. The van der Waals surface area contributed by atoms with E-state index in [0.29, 0.717) is 6.54 Å². The monoisotopic (exact) mass is 287 g/mol. The number of carbonyl (C=O) groups excluding carboxylic acids is 1. The first-order valence-corrected chi connectivity index (χ1v) is 6.98. The molecule has 2 aromatic rings. The summed E-state index contributed by atoms with van der Waals surface area (Å²) in [7, 11) is 0. The van der Waals surface area contributed by atoms with Crippen molar-refractivity contribution >= 4 is 5.91 Å². The lowest BCUT2D eigenvalue weighted by molar-refractivity contribution is 0.0731. The van der Waals surface area contributed by atoms with Crippen molar-refractivity contribution in [2.75, 3.05) is 6.54 Å². The van der Waals surface area contributed by atoms with E-state index >= 15 is 0 Å². The van der Waals surface area contributed by atoms with Gasteiger partial charge in [-0.3, -0.25) is 4.79 Å². The van der Waals surface area contributed by atoms with Crippen LogP contribution in [-0.4, -0.2) is 17.4 Å². The zero-order valence-electron chi connectivity index (χ0n) is 11.4. The maximum Gasteiger partial charge on any atom is 0.257 e. The molecule has 1 fully saturated rings. The van der Waals surface area contributed by atoms with E-state index < -0.39 is 5.82 Å². The summed E-state index contributed by atoms with van der Waals surface area (Å²) >= 11 is 0. The molecular formula is C17H15F2NO. The van der Waals surface area contributed by atoms with Gasteiger partial charge in [-0.2, -0.15) is 0 Å². The van der Waals surface area contributed by atoms with E-state index in [9.17, 15) is 13.6 Å². The number of carbonyl (C=O) groups is 1. The van der Waals surface area contributed by atoms with Gasteiger partial charge in [0.1, 0.15) is 11.6 Å². The van der Waals surface area contributed by atoms with Gasteiger partial charge in [0.2, 0.25) is 0 Å². The van der Waals surface area contributed by atoms with Crippen molar-refractivity contribution in [1.82, 2.24) is 4.90 Å². The van der Waals surface area contributed by atoms with E-state index in [1.165, 1.54) is 24.3 Å². The van der Waals surface area contributed by atoms with Crippen molar-refractivity contribution < 1.29 is 13.6 Å². The predicted molar refractivity (Wildman–Crippen MR) is 75.8 cm³/mol. The molecule has 0 aromatic heterocycles. The highest BCUT2D eigenvalue weighted by Crippen LogP contribution is 2.33. The summed E-state index contributed by atoms with van der Waals surface area (Å²) in [5.41, 5.74) is 0.977. The lowest BCUT2D eigenvalue weighted by atomic mass is 10.0. The molecule has 3 rings (SSSR count). The number of amides is 1. The van der Waals surface area contributed by atoms with Crippen LogP contribution in [0.1, 0.15) is 34.8 Å². The number of nitrogens with zero attached hydrogens (tertiary/aromatic N) is 1. The van der Waals surface area contributed by atoms with Gasteiger partial charge in [0.05, 0.1) is 11.6 Å². The Morgan fingerprint density at radius 1 is 1.05 bits per heavy atom. The molecule has 4 heteroatoms. The van der Waals surface area contributed by atoms with Crippen LogP contribution in [0, 0.1) is 11.6 Å². The number of hydrogen-bond donors (Lipinski definition) is 0. The van der Waals surface area contributed by atoms with E-state index in [2.05, 4.69) is 0 Å². The molecule has 1 aliphatic rings. The van der Waals surface area contributed by atoms with Crippen molar-refractivity contribution in [2.45, 2.75) is 18.9 Å². The largest absolute Gasteiger partial charge is 0.332 e. The number of likely N-dealkylation sites (tertiary alicyclic amines) is 1. The second-order valence-corrected chi connectivity index (χ2v) is 5.19. The van der Waals surface area contributed by atoms with E-state index in [4.69, 9.17) is 0 Å². The molecule has 1 unspecified atom stereocenters. The molecule has 0 spiro atoms. The van der Waals surface area contributed by atoms with E-state index in [0.717, 1.165) is 18.4 Å². The third kappa shape index (κ3) is 2.66. The van der Waals surface area contributed by atoms with Crippen molar-refractivity contribution in [3.63, 3.8) is 0 Å². The molecule has 1 heterocycles. The second-order valence-electron chi connectivity index (χ2n) is 5.19. The van der Waals surface area contributed by atoms with Gasteiger partial charge in [0, 0.05) is 6.54 Å². The van der Waals surface area contributed by atoms with E-state index in [1.54, 1.807) is 29.2 Å². The summed E-state index contributed by atoms with van der Waals surface area (Å²) in [6.07, 6.45) is 1.67. The molecule has 1 aliphatic heterocycles. The van der Waals surface area contributed by atoms with Crippen molar-refractivity contribution in [1.29, 1.82) is 0 Å². The molecule has 1 saturated heterocycles. The lowest BCUT2D eigenvalue weighted by Crippen LogP contribution is -2.31. The maximum atomic E-state index is 13.8. The first kappa shape index (κ1) is 13.7. The third-order valence-electron chi connectivity index (χ3n) is 3.87. The third-order valence-corrected chi connectivity index (χ3v) is 3.87. The topological polar surface area (TPSA) is 20.3 Å². The van der Waals surface area contributed by atoms with Gasteiger partial charge in [0.15, 0.2) is 0 Å². The van der Waals surface area contributed by atoms with Crippen LogP contribution >= 0.6 is 0 Å². The summed E-state index contributed by atoms with van der Waals surface area (Å²) in [5.74, 6) is -1.11. The van der Waals surface area contributed by atoms with Crippen LogP contribution in [0.4, 0.5) is 8.78 Å². The van der Waals surface area contributed by atoms with Crippen molar-refractivity contribution in [3.8, 4) is 0 Å². The summed E-state index contributed by atoms with van der Waals surface area (Å²) in [4.78, 5) is 14.2. The standard InChI is InChI=1S/C17H15F2NO/c18-13-9-7-12(8-10-13)16-6-3-11-20(16)17(21)14-4-1-2-5-15(14)19/h1-2,4-5,7-10,16H,3,6,11H2. The minimum absolute atomic E-state index is 0.0894. The quantitative estimate of drug-likeness (QED) is 0.819. The van der Waals surface area contributed by atoms with Crippen LogP contribution in [0.25, 0.3) is 0 Å². The van der Waals surface area contributed by atoms with Crippen LogP contribution in [-0.2, 0) is 0 Å². The second kappa shape index (κ2) is 5.64. The SMILES string of the molecule is O=C(c1ccccc1F)N1CCCC1c1ccc(F)cc1. The molecule has 0 radical (unpaired) electrons. The lowest BCUT2D eigenvalue weighted by Gasteiger charge is -2.25. The Hall–Kier alpha value is -2.23. The minimum Gasteiger partial charge on any atom is -0.332 e. The molecule has 0 aliphatic carbocycles. The highest BCUT2D eigenvalue weighted by atomic mass is 19.1. The van der Waals surface area contributed by atoms with Crippen LogP contribution in [0.2, 0.25) is 0 Å². The Kier molecular flexibility index (Phi) is 3.69. The molecule has 1 amide bonds. The average molecular weight is 287 g/mol. The fourth-order valence-corrected chi connectivity index (χ4v) is 2.83. The molecule has 2 nitrogen and oxygen atoms in total. The Balaban J connectivity index is 1.89. The highest BCUT2D eigenvalue weighted by Gasteiger charge is 2.31. The molecular weight excluding hydrogens is 272 g/mol. The normalized spacial score (nSPS) is 18.0. The Labute approximate surface area is 122 Å². The first-order valence-electron chi connectivity index (χ1n) is 6.98. The number of hydrogen-bond acceptors (Lipinski definition) is 1. The van der Waals surface area contributed by atoms with Gasteiger partial charge in [-0.15, -0.1) is 0 Å². The van der Waals surface area contributed by atoms with Gasteiger partial charge >= 0.3 is 0 Å². The van der Waals surface area contributed by atoms with Gasteiger partial charge in [-0.1, -0.05) is 24.3 Å². The summed E-state index contributed by atoms with van der Waals surface area (Å²) in [5, 5.41) is 0. The maximum absolute atomic E-state index is 13.8. The summed E-state index contributed by atoms with van der Waals surface area (Å²) in [6, 6.07) is 12.0. The van der Waals surface area contributed by atoms with Crippen molar-refractivity contribution in [3.05, 3.63) is 71.3 Å². The number of halogens is 2. The molecule has 0 N–H and O–H groups in total. The smallest absolute Gasteiger partial charge is 0.257 e. The zero-order valence-corrected chi connectivity index (χ0v) is 11.4. The highest BCUT2D eigenvalue weighted by molar-refractivity contribution is 5.95. The summed E-state index contributed by atoms with van der Waals surface area (Å²) < 4.78 is 26.8. The van der Waals surface area contributed by atoms with Crippen LogP contribution in [0.5, 0.6) is 0 Å². The average Bonchev–Trinajstić information content (AvgIpc) is 2.97. The van der Waals surface area contributed by atoms with E-state index in [-0.39, 0.29) is 23.3 Å². The van der Waals surface area contributed by atoms with Crippen molar-refractivity contribution in [2.24, 2.45) is 0 Å². The molecule has 2 aromatic carbocycles. The van der Waals surface area contributed by atoms with Gasteiger partial charge in [0.25, 0.3) is 5.91 Å². The fourth-order valence-electron chi connectivity index (χ4n) is 2.83. The predicted octanol–water partition coefficient (Wildman–Crippen LogP) is 3.94. The van der Waals surface area contributed by atoms with Gasteiger partial charge in [-0.05, 0) is 42.7 Å². The first-order chi connectivity index (χ1) is 10.2. The van der Waals surface area contributed by atoms with Gasteiger partial charge in [-0.25, -0.2) is 8.78 Å². The molecule has 0 bridgehead atoms. The fraction of sp³-hybridized carbons (Fsp3) is 0.235. The zero-order chi connectivity index (χ0) is 14.8. The Morgan fingerprint density at radius 2 is 1.76 bits per heavy atom. The minimum atomic E-state index is -0.507. The van der Waals surface area contributed by atoms with Crippen LogP contribution < -0.4 is 0 Å². The van der Waals surface area contributed by atoms with Gasteiger partial charge < -0.3 is 4.90 Å². The molecule has 1 atom stereocenters. The molecule has 108 valence electrons. The number of rotatable bonds is 2. The number of benzene rings is 2. The summed E-state index contributed by atoms with van der Waals surface area (Å²) in [6.45, 7) is 0.592. The Morgan fingerprint density at radius 3 is 2.48 bits per heavy atom. The van der Waals surface area contributed by atoms with Crippen LogP contribution in [0.3, 0.4) is 0 Å². The van der Waals surface area contributed by atoms with E-state index in [1.807, 2.05) is 0 Å².